The van der Waals surface area contributed by atoms with Crippen LogP contribution >= 0.6 is 7.75 Å². The summed E-state index contributed by atoms with van der Waals surface area (Å²) in [6.07, 6.45) is 4.61. The van der Waals surface area contributed by atoms with Crippen LogP contribution in [0.2, 0.25) is 0 Å². The maximum atomic E-state index is 13.7. The van der Waals surface area contributed by atoms with Gasteiger partial charge in [-0.1, -0.05) is 61.4 Å². The summed E-state index contributed by atoms with van der Waals surface area (Å²) in [5, 5.41) is 0. The summed E-state index contributed by atoms with van der Waals surface area (Å²) < 4.78 is 27.5. The molecule has 0 bridgehead atoms. The molecule has 0 N–H and O–H groups in total. The third-order valence-corrected chi connectivity index (χ3v) is 7.15. The van der Waals surface area contributed by atoms with Crippen molar-refractivity contribution in [2.45, 2.75) is 38.3 Å². The number of hydrogen-bond acceptors (Lipinski definition) is 3. The van der Waals surface area contributed by atoms with Crippen LogP contribution in [0.25, 0.3) is 0 Å². The van der Waals surface area contributed by atoms with E-state index in [2.05, 4.69) is 12.1 Å². The minimum absolute atomic E-state index is 0.261. The normalized spacial score (nSPS) is 29.8. The lowest BCUT2D eigenvalue weighted by atomic mass is 9.85. The molecule has 132 valence electrons. The molecule has 0 spiro atoms. The van der Waals surface area contributed by atoms with E-state index in [0.717, 1.165) is 18.4 Å². The first-order valence-corrected chi connectivity index (χ1v) is 10.5. The van der Waals surface area contributed by atoms with Crippen molar-refractivity contribution in [2.75, 3.05) is 6.61 Å². The highest BCUT2D eigenvalue weighted by Crippen LogP contribution is 2.59. The largest absolute Gasteiger partial charge is 0.461 e. The summed E-state index contributed by atoms with van der Waals surface area (Å²) in [6.45, 7) is 1.12. The van der Waals surface area contributed by atoms with Gasteiger partial charge in [-0.2, -0.15) is 4.67 Å². The van der Waals surface area contributed by atoms with Crippen molar-refractivity contribution in [1.82, 2.24) is 4.67 Å². The SMILES string of the molecule is O=P1(Oc2ccccc2)OC[C@H]2CCCC[C@H]2N1Cc1ccccc1. The van der Waals surface area contributed by atoms with Crippen LogP contribution in [0.15, 0.2) is 60.7 Å². The van der Waals surface area contributed by atoms with Gasteiger partial charge in [0.25, 0.3) is 0 Å². The average molecular weight is 357 g/mol. The molecule has 5 heteroatoms. The van der Waals surface area contributed by atoms with Crippen molar-refractivity contribution in [2.24, 2.45) is 5.92 Å². The summed E-state index contributed by atoms with van der Waals surface area (Å²) in [5.74, 6) is 1.04. The second-order valence-corrected chi connectivity index (χ2v) is 8.76. The summed E-state index contributed by atoms with van der Waals surface area (Å²) in [6, 6.07) is 19.8. The lowest BCUT2D eigenvalue weighted by molar-refractivity contribution is 0.0429. The van der Waals surface area contributed by atoms with E-state index < -0.39 is 7.75 Å². The van der Waals surface area contributed by atoms with E-state index in [1.165, 1.54) is 12.8 Å². The van der Waals surface area contributed by atoms with Crippen molar-refractivity contribution < 1.29 is 13.6 Å². The van der Waals surface area contributed by atoms with Gasteiger partial charge in [-0.05, 0) is 36.5 Å². The quantitative estimate of drug-likeness (QED) is 0.699. The Balaban J connectivity index is 1.64. The summed E-state index contributed by atoms with van der Waals surface area (Å²) in [4.78, 5) is 0. The van der Waals surface area contributed by atoms with E-state index in [-0.39, 0.29) is 6.04 Å². The van der Waals surface area contributed by atoms with Gasteiger partial charge in [0.15, 0.2) is 0 Å². The first-order valence-electron chi connectivity index (χ1n) is 9.05. The van der Waals surface area contributed by atoms with E-state index in [4.69, 9.17) is 9.05 Å². The van der Waals surface area contributed by atoms with Gasteiger partial charge in [-0.3, -0.25) is 4.52 Å². The van der Waals surface area contributed by atoms with Gasteiger partial charge in [0, 0.05) is 12.6 Å². The van der Waals surface area contributed by atoms with Crippen LogP contribution in [0, 0.1) is 5.92 Å². The van der Waals surface area contributed by atoms with Crippen molar-refractivity contribution in [1.29, 1.82) is 0 Å². The lowest BCUT2D eigenvalue weighted by Crippen LogP contribution is -2.47. The summed E-state index contributed by atoms with van der Waals surface area (Å²) in [5.41, 5.74) is 1.13. The highest BCUT2D eigenvalue weighted by atomic mass is 31.2. The third kappa shape index (κ3) is 3.67. The Morgan fingerprint density at radius 3 is 2.44 bits per heavy atom. The molecule has 2 fully saturated rings. The van der Waals surface area contributed by atoms with Crippen molar-refractivity contribution in [3.63, 3.8) is 0 Å². The molecule has 0 radical (unpaired) electrons. The Morgan fingerprint density at radius 2 is 1.68 bits per heavy atom. The number of benzene rings is 2. The molecule has 2 aliphatic rings. The van der Waals surface area contributed by atoms with Gasteiger partial charge in [0.1, 0.15) is 5.75 Å². The Kier molecular flexibility index (Phi) is 4.93. The van der Waals surface area contributed by atoms with Gasteiger partial charge in [0.2, 0.25) is 0 Å². The maximum absolute atomic E-state index is 13.7. The van der Waals surface area contributed by atoms with Crippen LogP contribution in [-0.4, -0.2) is 17.3 Å². The number of nitrogens with zero attached hydrogens (tertiary/aromatic N) is 1. The Bertz CT molecular complexity index is 737. The molecule has 1 unspecified atom stereocenters. The van der Waals surface area contributed by atoms with Crippen LogP contribution in [0.3, 0.4) is 0 Å². The van der Waals surface area contributed by atoms with Gasteiger partial charge >= 0.3 is 7.75 Å². The molecule has 4 nitrogen and oxygen atoms in total. The Labute approximate surface area is 149 Å². The zero-order valence-corrected chi connectivity index (χ0v) is 15.2. The van der Waals surface area contributed by atoms with E-state index in [9.17, 15) is 4.57 Å². The predicted octanol–water partition coefficient (Wildman–Crippen LogP) is 5.26. The molecule has 1 heterocycles. The predicted molar refractivity (Wildman–Crippen MR) is 98.4 cm³/mol. The van der Waals surface area contributed by atoms with Crippen molar-refractivity contribution >= 4 is 7.75 Å². The fraction of sp³-hybridized carbons (Fsp3) is 0.400. The van der Waals surface area contributed by atoms with E-state index >= 15 is 0 Å². The van der Waals surface area contributed by atoms with Crippen molar-refractivity contribution in [3.8, 4) is 5.75 Å². The van der Waals surface area contributed by atoms with E-state index in [1.54, 1.807) is 0 Å². The van der Waals surface area contributed by atoms with Gasteiger partial charge < -0.3 is 4.52 Å². The van der Waals surface area contributed by atoms with E-state index in [0.29, 0.717) is 24.8 Å². The summed E-state index contributed by atoms with van der Waals surface area (Å²) in [7, 11) is -3.37. The Hall–Kier alpha value is -1.61. The molecule has 25 heavy (non-hydrogen) atoms. The topological polar surface area (TPSA) is 38.8 Å². The molecular formula is C20H24NO3P. The minimum atomic E-state index is -3.37. The third-order valence-electron chi connectivity index (χ3n) is 5.17. The number of para-hydroxylation sites is 1. The molecule has 2 aromatic rings. The zero-order valence-electron chi connectivity index (χ0n) is 14.3. The van der Waals surface area contributed by atoms with E-state index in [1.807, 2.05) is 53.2 Å². The van der Waals surface area contributed by atoms with Crippen molar-refractivity contribution in [3.05, 3.63) is 66.2 Å². The van der Waals surface area contributed by atoms with Gasteiger partial charge in [-0.25, -0.2) is 4.57 Å². The monoisotopic (exact) mass is 357 g/mol. The molecule has 1 aliphatic carbocycles. The van der Waals surface area contributed by atoms with Gasteiger partial charge in [0.05, 0.1) is 6.61 Å². The highest BCUT2D eigenvalue weighted by molar-refractivity contribution is 7.51. The molecular weight excluding hydrogens is 333 g/mol. The molecule has 4 rings (SSSR count). The second kappa shape index (κ2) is 7.33. The molecule has 1 saturated carbocycles. The number of hydrogen-bond donors (Lipinski definition) is 0. The molecule has 2 aromatic carbocycles. The summed E-state index contributed by atoms with van der Waals surface area (Å²) >= 11 is 0. The first-order chi connectivity index (χ1) is 12.2. The zero-order chi connectivity index (χ0) is 17.1. The molecule has 3 atom stereocenters. The molecule has 1 aliphatic heterocycles. The van der Waals surface area contributed by atoms with Crippen LogP contribution in [0.4, 0.5) is 0 Å². The van der Waals surface area contributed by atoms with Crippen LogP contribution in [0.5, 0.6) is 5.75 Å². The standard InChI is InChI=1S/C20H24NO3P/c22-25(24-19-12-5-2-6-13-19)21(15-17-9-3-1-4-10-17)20-14-8-7-11-18(20)16-23-25/h1-6,9-10,12-13,18,20H,7-8,11,14-16H2/t18-,20-,25?/m1/s1. The fourth-order valence-corrected chi connectivity index (χ4v) is 5.97. The van der Waals surface area contributed by atoms with Gasteiger partial charge in [-0.15, -0.1) is 0 Å². The first kappa shape index (κ1) is 16.8. The molecule has 1 saturated heterocycles. The van der Waals surface area contributed by atoms with Crippen LogP contribution in [0.1, 0.15) is 31.2 Å². The smallest absolute Gasteiger partial charge is 0.413 e. The van der Waals surface area contributed by atoms with Crippen LogP contribution in [-0.2, 0) is 15.6 Å². The molecule has 0 amide bonds. The minimum Gasteiger partial charge on any atom is -0.413 e. The maximum Gasteiger partial charge on any atom is 0.461 e. The number of rotatable bonds is 4. The highest BCUT2D eigenvalue weighted by Gasteiger charge is 2.48. The molecule has 0 aromatic heterocycles. The lowest BCUT2D eigenvalue weighted by Gasteiger charge is -2.46. The van der Waals surface area contributed by atoms with Crippen LogP contribution < -0.4 is 4.52 Å². The fourth-order valence-electron chi connectivity index (χ4n) is 3.89. The average Bonchev–Trinajstić information content (AvgIpc) is 2.66. The number of fused-ring (bicyclic) bond motifs is 1. The second-order valence-electron chi connectivity index (χ2n) is 6.86. The Morgan fingerprint density at radius 1 is 1.00 bits per heavy atom.